The number of aryl methyl sites for hydroxylation is 1. The number of hydrogen-bond donors (Lipinski definition) is 2. The molecule has 0 aromatic carbocycles. The van der Waals surface area contributed by atoms with Crippen molar-refractivity contribution in [3.8, 4) is 0 Å². The SMILES string of the molecule is CCCn1cc(S(=O)(=O)NCC2(CC)CCC2)cc1CN. The van der Waals surface area contributed by atoms with Crippen LogP contribution in [0.15, 0.2) is 17.2 Å². The van der Waals surface area contributed by atoms with E-state index in [-0.39, 0.29) is 5.41 Å². The number of nitrogens with zero attached hydrogens (tertiary/aromatic N) is 1. The number of rotatable bonds is 8. The fraction of sp³-hybridized carbons (Fsp3) is 0.733. The molecule has 0 unspecified atom stereocenters. The van der Waals surface area contributed by atoms with Gasteiger partial charge in [-0.25, -0.2) is 13.1 Å². The van der Waals surface area contributed by atoms with Crippen LogP contribution in [0.3, 0.4) is 0 Å². The van der Waals surface area contributed by atoms with E-state index in [0.717, 1.165) is 37.9 Å². The number of sulfonamides is 1. The molecule has 0 atom stereocenters. The Morgan fingerprint density at radius 3 is 2.57 bits per heavy atom. The molecule has 0 amide bonds. The minimum absolute atomic E-state index is 0.176. The molecule has 1 aromatic rings. The van der Waals surface area contributed by atoms with Crippen molar-refractivity contribution >= 4 is 10.0 Å². The summed E-state index contributed by atoms with van der Waals surface area (Å²) in [5.41, 5.74) is 6.74. The molecular formula is C15H27N3O2S. The summed E-state index contributed by atoms with van der Waals surface area (Å²) in [4.78, 5) is 0.335. The van der Waals surface area contributed by atoms with Gasteiger partial charge in [0.1, 0.15) is 0 Å². The van der Waals surface area contributed by atoms with Crippen LogP contribution in [0, 0.1) is 5.41 Å². The van der Waals surface area contributed by atoms with Crippen LogP contribution >= 0.6 is 0 Å². The smallest absolute Gasteiger partial charge is 0.242 e. The average molecular weight is 313 g/mol. The predicted octanol–water partition coefficient (Wildman–Crippen LogP) is 2.22. The Labute approximate surface area is 128 Å². The van der Waals surface area contributed by atoms with Crippen LogP contribution < -0.4 is 10.5 Å². The Kier molecular flexibility index (Phi) is 5.11. The summed E-state index contributed by atoms with van der Waals surface area (Å²) in [5.74, 6) is 0. The van der Waals surface area contributed by atoms with Crippen molar-refractivity contribution in [1.29, 1.82) is 0 Å². The second-order valence-electron chi connectivity index (χ2n) is 6.10. The molecule has 1 aliphatic rings. The van der Waals surface area contributed by atoms with E-state index in [1.165, 1.54) is 6.42 Å². The first-order chi connectivity index (χ1) is 9.96. The molecule has 21 heavy (non-hydrogen) atoms. The van der Waals surface area contributed by atoms with E-state index in [2.05, 4.69) is 18.6 Å². The van der Waals surface area contributed by atoms with Gasteiger partial charge in [0.15, 0.2) is 0 Å². The third-order valence-electron chi connectivity index (χ3n) is 4.75. The first kappa shape index (κ1) is 16.5. The highest BCUT2D eigenvalue weighted by molar-refractivity contribution is 7.89. The molecule has 0 saturated heterocycles. The molecule has 1 heterocycles. The molecule has 1 fully saturated rings. The highest BCUT2D eigenvalue weighted by Gasteiger charge is 2.36. The monoisotopic (exact) mass is 313 g/mol. The molecule has 0 spiro atoms. The van der Waals surface area contributed by atoms with Crippen molar-refractivity contribution in [3.63, 3.8) is 0 Å². The maximum Gasteiger partial charge on any atom is 0.242 e. The molecule has 3 N–H and O–H groups in total. The lowest BCUT2D eigenvalue weighted by Gasteiger charge is -2.41. The maximum atomic E-state index is 12.5. The van der Waals surface area contributed by atoms with Gasteiger partial charge in [-0.3, -0.25) is 0 Å². The summed E-state index contributed by atoms with van der Waals surface area (Å²) < 4.78 is 29.6. The minimum atomic E-state index is -3.44. The van der Waals surface area contributed by atoms with Crippen LogP contribution in [0.2, 0.25) is 0 Å². The van der Waals surface area contributed by atoms with Gasteiger partial charge in [-0.2, -0.15) is 0 Å². The fourth-order valence-electron chi connectivity index (χ4n) is 2.96. The van der Waals surface area contributed by atoms with Gasteiger partial charge in [-0.05, 0) is 37.2 Å². The summed E-state index contributed by atoms with van der Waals surface area (Å²) >= 11 is 0. The molecule has 5 nitrogen and oxygen atoms in total. The van der Waals surface area contributed by atoms with Crippen molar-refractivity contribution in [2.75, 3.05) is 6.54 Å². The van der Waals surface area contributed by atoms with E-state index in [1.54, 1.807) is 12.3 Å². The third-order valence-corrected chi connectivity index (χ3v) is 6.11. The van der Waals surface area contributed by atoms with Crippen molar-refractivity contribution in [3.05, 3.63) is 18.0 Å². The highest BCUT2D eigenvalue weighted by atomic mass is 32.2. The van der Waals surface area contributed by atoms with E-state index >= 15 is 0 Å². The molecule has 1 saturated carbocycles. The lowest BCUT2D eigenvalue weighted by Crippen LogP contribution is -2.41. The number of aromatic nitrogens is 1. The Bertz CT molecular complexity index is 568. The number of nitrogens with one attached hydrogen (secondary N) is 1. The second kappa shape index (κ2) is 6.50. The second-order valence-corrected chi connectivity index (χ2v) is 7.86. The standard InChI is InChI=1S/C15H27N3O2S/c1-3-8-18-11-14(9-13(18)10-16)21(19,20)17-12-15(4-2)6-5-7-15/h9,11,17H,3-8,10,12,16H2,1-2H3. The largest absolute Gasteiger partial charge is 0.349 e. The summed E-state index contributed by atoms with van der Waals surface area (Å²) in [6.07, 6.45) is 7.13. The van der Waals surface area contributed by atoms with Crippen LogP contribution in [0.5, 0.6) is 0 Å². The lowest BCUT2D eigenvalue weighted by molar-refractivity contribution is 0.133. The minimum Gasteiger partial charge on any atom is -0.349 e. The van der Waals surface area contributed by atoms with Crippen molar-refractivity contribution in [2.45, 2.75) is 63.9 Å². The fourth-order valence-corrected chi connectivity index (χ4v) is 4.18. The quantitative estimate of drug-likeness (QED) is 0.772. The first-order valence-corrected chi connectivity index (χ1v) is 9.33. The zero-order valence-corrected chi connectivity index (χ0v) is 13.9. The van der Waals surface area contributed by atoms with Crippen LogP contribution in [0.25, 0.3) is 0 Å². The van der Waals surface area contributed by atoms with Crippen LogP contribution in [-0.4, -0.2) is 19.5 Å². The van der Waals surface area contributed by atoms with Gasteiger partial charge >= 0.3 is 0 Å². The summed E-state index contributed by atoms with van der Waals surface area (Å²) in [6.45, 7) is 5.89. The molecule has 6 heteroatoms. The van der Waals surface area contributed by atoms with E-state index in [1.807, 2.05) is 4.57 Å². The van der Waals surface area contributed by atoms with Crippen molar-refractivity contribution < 1.29 is 8.42 Å². The topological polar surface area (TPSA) is 77.1 Å². The Morgan fingerprint density at radius 2 is 2.10 bits per heavy atom. The Morgan fingerprint density at radius 1 is 1.38 bits per heavy atom. The molecule has 0 bridgehead atoms. The van der Waals surface area contributed by atoms with Gasteiger partial charge in [0.25, 0.3) is 0 Å². The normalized spacial score (nSPS) is 17.7. The predicted molar refractivity (Wildman–Crippen MR) is 84.4 cm³/mol. The van der Waals surface area contributed by atoms with Crippen LogP contribution in [0.1, 0.15) is 51.6 Å². The molecule has 0 radical (unpaired) electrons. The summed E-state index contributed by atoms with van der Waals surface area (Å²) in [6, 6.07) is 1.69. The highest BCUT2D eigenvalue weighted by Crippen LogP contribution is 2.43. The molecule has 1 aromatic heterocycles. The van der Waals surface area contributed by atoms with E-state index < -0.39 is 10.0 Å². The summed E-state index contributed by atoms with van der Waals surface area (Å²) in [7, 11) is -3.44. The average Bonchev–Trinajstić information content (AvgIpc) is 2.82. The van der Waals surface area contributed by atoms with Gasteiger partial charge in [0, 0.05) is 31.5 Å². The zero-order chi connectivity index (χ0) is 15.5. The first-order valence-electron chi connectivity index (χ1n) is 7.85. The third kappa shape index (κ3) is 3.49. The molecule has 1 aliphatic carbocycles. The molecule has 0 aliphatic heterocycles. The van der Waals surface area contributed by atoms with Gasteiger partial charge in [0.05, 0.1) is 4.90 Å². The van der Waals surface area contributed by atoms with E-state index in [9.17, 15) is 8.42 Å². The van der Waals surface area contributed by atoms with Gasteiger partial charge in [-0.1, -0.05) is 20.3 Å². The molecular weight excluding hydrogens is 286 g/mol. The lowest BCUT2D eigenvalue weighted by atomic mass is 9.67. The number of nitrogens with two attached hydrogens (primary N) is 1. The Hall–Kier alpha value is -0.850. The number of hydrogen-bond acceptors (Lipinski definition) is 3. The van der Waals surface area contributed by atoms with Crippen LogP contribution in [-0.2, 0) is 23.1 Å². The van der Waals surface area contributed by atoms with Gasteiger partial charge in [0.2, 0.25) is 10.0 Å². The van der Waals surface area contributed by atoms with Crippen molar-refractivity contribution in [2.24, 2.45) is 11.1 Å². The van der Waals surface area contributed by atoms with Crippen molar-refractivity contribution in [1.82, 2.24) is 9.29 Å². The van der Waals surface area contributed by atoms with E-state index in [0.29, 0.717) is 18.0 Å². The van der Waals surface area contributed by atoms with Gasteiger partial charge < -0.3 is 10.3 Å². The van der Waals surface area contributed by atoms with Crippen LogP contribution in [0.4, 0.5) is 0 Å². The van der Waals surface area contributed by atoms with E-state index in [4.69, 9.17) is 5.73 Å². The summed E-state index contributed by atoms with van der Waals surface area (Å²) in [5, 5.41) is 0. The molecule has 2 rings (SSSR count). The Balaban J connectivity index is 2.12. The maximum absolute atomic E-state index is 12.5. The van der Waals surface area contributed by atoms with Gasteiger partial charge in [-0.15, -0.1) is 0 Å². The zero-order valence-electron chi connectivity index (χ0n) is 13.1. The molecule has 120 valence electrons.